The molecule has 0 aliphatic heterocycles. The van der Waals surface area contributed by atoms with Gasteiger partial charge in [-0.25, -0.2) is 4.98 Å². The SMILES string of the molecule is c1ccc2c(NCCCOCC3CC3)nccc2c1. The zero-order chi connectivity index (χ0) is 12.9. The molecule has 1 N–H and O–H groups in total. The van der Waals surface area contributed by atoms with E-state index in [0.717, 1.165) is 37.9 Å². The summed E-state index contributed by atoms with van der Waals surface area (Å²) in [6.45, 7) is 2.70. The lowest BCUT2D eigenvalue weighted by Crippen LogP contribution is -2.08. The Bertz CT molecular complexity index is 532. The van der Waals surface area contributed by atoms with E-state index in [2.05, 4.69) is 28.5 Å². The zero-order valence-electron chi connectivity index (χ0n) is 11.1. The van der Waals surface area contributed by atoms with Crippen LogP contribution >= 0.6 is 0 Å². The Hall–Kier alpha value is -1.61. The van der Waals surface area contributed by atoms with Crippen molar-refractivity contribution >= 4 is 16.6 Å². The van der Waals surface area contributed by atoms with Crippen LogP contribution in [0.2, 0.25) is 0 Å². The number of nitrogens with zero attached hydrogens (tertiary/aromatic N) is 1. The van der Waals surface area contributed by atoms with Crippen LogP contribution < -0.4 is 5.32 Å². The Labute approximate surface area is 114 Å². The molecule has 1 saturated carbocycles. The zero-order valence-corrected chi connectivity index (χ0v) is 11.1. The van der Waals surface area contributed by atoms with Crippen LogP contribution in [0.1, 0.15) is 19.3 Å². The van der Waals surface area contributed by atoms with E-state index in [1.54, 1.807) is 0 Å². The van der Waals surface area contributed by atoms with E-state index in [-0.39, 0.29) is 0 Å². The molecule has 0 saturated heterocycles. The minimum atomic E-state index is 0.842. The first-order valence-electron chi connectivity index (χ1n) is 7.09. The minimum Gasteiger partial charge on any atom is -0.381 e. The van der Waals surface area contributed by atoms with Gasteiger partial charge < -0.3 is 10.1 Å². The number of nitrogens with one attached hydrogen (secondary N) is 1. The second-order valence-electron chi connectivity index (χ2n) is 5.18. The van der Waals surface area contributed by atoms with Gasteiger partial charge in [0.2, 0.25) is 0 Å². The van der Waals surface area contributed by atoms with Crippen molar-refractivity contribution in [3.63, 3.8) is 0 Å². The summed E-state index contributed by atoms with van der Waals surface area (Å²) in [5, 5.41) is 5.81. The molecule has 3 nitrogen and oxygen atoms in total. The van der Waals surface area contributed by atoms with Gasteiger partial charge in [0.05, 0.1) is 0 Å². The molecule has 1 aliphatic rings. The summed E-state index contributed by atoms with van der Waals surface area (Å²) < 4.78 is 5.62. The van der Waals surface area contributed by atoms with E-state index in [1.165, 1.54) is 23.6 Å². The quantitative estimate of drug-likeness (QED) is 0.770. The molecular formula is C16H20N2O. The molecule has 2 aromatic rings. The van der Waals surface area contributed by atoms with Crippen LogP contribution in [-0.2, 0) is 4.74 Å². The number of rotatable bonds is 7. The first kappa shape index (κ1) is 12.4. The third kappa shape index (κ3) is 3.44. The van der Waals surface area contributed by atoms with Crippen molar-refractivity contribution in [3.05, 3.63) is 36.5 Å². The van der Waals surface area contributed by atoms with Gasteiger partial charge in [0.25, 0.3) is 0 Å². The molecule has 19 heavy (non-hydrogen) atoms. The maximum Gasteiger partial charge on any atom is 0.133 e. The van der Waals surface area contributed by atoms with Crippen LogP contribution in [0, 0.1) is 5.92 Å². The lowest BCUT2D eigenvalue weighted by molar-refractivity contribution is 0.124. The topological polar surface area (TPSA) is 34.1 Å². The largest absolute Gasteiger partial charge is 0.381 e. The summed E-state index contributed by atoms with van der Waals surface area (Å²) in [7, 11) is 0. The Balaban J connectivity index is 1.47. The predicted molar refractivity (Wildman–Crippen MR) is 78.4 cm³/mol. The van der Waals surface area contributed by atoms with E-state index in [4.69, 9.17) is 4.74 Å². The van der Waals surface area contributed by atoms with Crippen LogP contribution in [0.25, 0.3) is 10.8 Å². The van der Waals surface area contributed by atoms with Gasteiger partial charge in [0.1, 0.15) is 5.82 Å². The molecule has 0 radical (unpaired) electrons. The molecule has 0 spiro atoms. The number of aromatic nitrogens is 1. The number of ether oxygens (including phenoxy) is 1. The summed E-state index contributed by atoms with van der Waals surface area (Å²) in [6, 6.07) is 10.4. The third-order valence-electron chi connectivity index (χ3n) is 3.48. The van der Waals surface area contributed by atoms with Crippen LogP contribution in [0.15, 0.2) is 36.5 Å². The highest BCUT2D eigenvalue weighted by Gasteiger charge is 2.20. The molecule has 0 unspecified atom stereocenters. The van der Waals surface area contributed by atoms with Gasteiger partial charge in [-0.05, 0) is 36.6 Å². The molecule has 1 aliphatic carbocycles. The van der Waals surface area contributed by atoms with Crippen molar-refractivity contribution in [2.75, 3.05) is 25.1 Å². The van der Waals surface area contributed by atoms with Crippen LogP contribution in [0.5, 0.6) is 0 Å². The lowest BCUT2D eigenvalue weighted by atomic mass is 10.1. The highest BCUT2D eigenvalue weighted by molar-refractivity contribution is 5.91. The lowest BCUT2D eigenvalue weighted by Gasteiger charge is -2.08. The fourth-order valence-electron chi connectivity index (χ4n) is 2.18. The Morgan fingerprint density at radius 1 is 1.21 bits per heavy atom. The van der Waals surface area contributed by atoms with Crippen molar-refractivity contribution < 1.29 is 4.74 Å². The fraction of sp³-hybridized carbons (Fsp3) is 0.438. The second kappa shape index (κ2) is 6.02. The molecule has 0 atom stereocenters. The number of fused-ring (bicyclic) bond motifs is 1. The molecule has 1 fully saturated rings. The van der Waals surface area contributed by atoms with Gasteiger partial charge in [-0.1, -0.05) is 24.3 Å². The molecular weight excluding hydrogens is 236 g/mol. The Morgan fingerprint density at radius 2 is 2.11 bits per heavy atom. The first-order valence-corrected chi connectivity index (χ1v) is 7.09. The average Bonchev–Trinajstić information content (AvgIpc) is 3.27. The van der Waals surface area contributed by atoms with E-state index in [0.29, 0.717) is 0 Å². The first-order chi connectivity index (χ1) is 9.43. The number of anilines is 1. The van der Waals surface area contributed by atoms with E-state index in [9.17, 15) is 0 Å². The summed E-state index contributed by atoms with van der Waals surface area (Å²) in [5.41, 5.74) is 0. The minimum absolute atomic E-state index is 0.842. The molecule has 3 rings (SSSR count). The highest BCUT2D eigenvalue weighted by atomic mass is 16.5. The number of hydrogen-bond donors (Lipinski definition) is 1. The summed E-state index contributed by atoms with van der Waals surface area (Å²) in [5.74, 6) is 1.83. The van der Waals surface area contributed by atoms with Crippen molar-refractivity contribution in [2.24, 2.45) is 5.92 Å². The van der Waals surface area contributed by atoms with Crippen molar-refractivity contribution in [1.29, 1.82) is 0 Å². The molecule has 100 valence electrons. The van der Waals surface area contributed by atoms with Gasteiger partial charge in [-0.2, -0.15) is 0 Å². The van der Waals surface area contributed by atoms with Crippen LogP contribution in [-0.4, -0.2) is 24.7 Å². The van der Waals surface area contributed by atoms with Gasteiger partial charge in [0.15, 0.2) is 0 Å². The average molecular weight is 256 g/mol. The third-order valence-corrected chi connectivity index (χ3v) is 3.48. The van der Waals surface area contributed by atoms with E-state index < -0.39 is 0 Å². The van der Waals surface area contributed by atoms with E-state index >= 15 is 0 Å². The summed E-state index contributed by atoms with van der Waals surface area (Å²) in [4.78, 5) is 4.41. The smallest absolute Gasteiger partial charge is 0.133 e. The molecule has 0 amide bonds. The molecule has 0 bridgehead atoms. The Kier molecular flexibility index (Phi) is 3.94. The fourth-order valence-corrected chi connectivity index (χ4v) is 2.18. The number of benzene rings is 1. The van der Waals surface area contributed by atoms with Gasteiger partial charge in [-0.3, -0.25) is 0 Å². The maximum atomic E-state index is 5.62. The van der Waals surface area contributed by atoms with Crippen LogP contribution in [0.4, 0.5) is 5.82 Å². The van der Waals surface area contributed by atoms with Crippen molar-refractivity contribution in [1.82, 2.24) is 4.98 Å². The monoisotopic (exact) mass is 256 g/mol. The maximum absolute atomic E-state index is 5.62. The molecule has 1 aromatic heterocycles. The summed E-state index contributed by atoms with van der Waals surface area (Å²) >= 11 is 0. The van der Waals surface area contributed by atoms with Crippen molar-refractivity contribution in [2.45, 2.75) is 19.3 Å². The number of pyridine rings is 1. The van der Waals surface area contributed by atoms with Crippen molar-refractivity contribution in [3.8, 4) is 0 Å². The predicted octanol–water partition coefficient (Wildman–Crippen LogP) is 3.46. The second-order valence-corrected chi connectivity index (χ2v) is 5.18. The molecule has 1 aromatic carbocycles. The van der Waals surface area contributed by atoms with E-state index in [1.807, 2.05) is 18.3 Å². The van der Waals surface area contributed by atoms with Crippen LogP contribution in [0.3, 0.4) is 0 Å². The standard InChI is InChI=1S/C16H20N2O/c1-2-5-15-14(4-1)8-10-18-16(15)17-9-3-11-19-12-13-6-7-13/h1-2,4-5,8,10,13H,3,6-7,9,11-12H2,(H,17,18). The molecule has 3 heteroatoms. The van der Waals surface area contributed by atoms with Gasteiger partial charge in [-0.15, -0.1) is 0 Å². The molecule has 1 heterocycles. The highest BCUT2D eigenvalue weighted by Crippen LogP contribution is 2.28. The number of hydrogen-bond acceptors (Lipinski definition) is 3. The normalized spacial score (nSPS) is 14.7. The van der Waals surface area contributed by atoms with Gasteiger partial charge in [0, 0.05) is 31.3 Å². The summed E-state index contributed by atoms with van der Waals surface area (Å²) in [6.07, 6.45) is 5.60. The van der Waals surface area contributed by atoms with Gasteiger partial charge >= 0.3 is 0 Å². The Morgan fingerprint density at radius 3 is 3.00 bits per heavy atom.